The molecule has 0 aliphatic heterocycles. The van der Waals surface area contributed by atoms with Gasteiger partial charge in [0.05, 0.1) is 11.3 Å². The largest absolute Gasteiger partial charge is 0.322 e. The van der Waals surface area contributed by atoms with Gasteiger partial charge in [-0.15, -0.1) is 5.10 Å². The zero-order valence-corrected chi connectivity index (χ0v) is 10.8. The highest BCUT2D eigenvalue weighted by molar-refractivity contribution is 6.04. The highest BCUT2D eigenvalue weighted by Gasteiger charge is 2.11. The van der Waals surface area contributed by atoms with Crippen molar-refractivity contribution in [1.82, 2.24) is 20.2 Å². The molecule has 6 nitrogen and oxygen atoms in total. The van der Waals surface area contributed by atoms with Crippen molar-refractivity contribution in [2.24, 2.45) is 0 Å². The number of amides is 1. The second-order valence-corrected chi connectivity index (χ2v) is 4.24. The fourth-order valence-electron chi connectivity index (χ4n) is 1.85. The summed E-state index contributed by atoms with van der Waals surface area (Å²) in [5.74, 6) is -1.08. The highest BCUT2D eigenvalue weighted by Crippen LogP contribution is 2.15. The molecule has 1 amide bonds. The van der Waals surface area contributed by atoms with Crippen LogP contribution in [0.2, 0.25) is 0 Å². The van der Waals surface area contributed by atoms with Crippen LogP contribution in [-0.2, 0) is 0 Å². The maximum atomic E-state index is 13.6. The normalized spacial score (nSPS) is 10.3. The summed E-state index contributed by atoms with van der Waals surface area (Å²) in [5, 5.41) is 13.5. The number of nitrogens with one attached hydrogen (secondary N) is 1. The van der Waals surface area contributed by atoms with Gasteiger partial charge in [0.2, 0.25) is 0 Å². The van der Waals surface area contributed by atoms with Gasteiger partial charge in [0, 0.05) is 5.69 Å². The van der Waals surface area contributed by atoms with E-state index in [0.29, 0.717) is 11.4 Å². The van der Waals surface area contributed by atoms with Crippen LogP contribution in [0, 0.1) is 5.82 Å². The molecule has 104 valence electrons. The van der Waals surface area contributed by atoms with Gasteiger partial charge < -0.3 is 5.32 Å². The molecular weight excluding hydrogens is 273 g/mol. The molecule has 0 aliphatic rings. The topological polar surface area (TPSA) is 72.7 Å². The number of halogens is 1. The van der Waals surface area contributed by atoms with E-state index in [1.54, 1.807) is 30.3 Å². The van der Waals surface area contributed by atoms with Crippen LogP contribution in [-0.4, -0.2) is 26.1 Å². The average molecular weight is 283 g/mol. The summed E-state index contributed by atoms with van der Waals surface area (Å²) in [6.07, 6.45) is 1.44. The summed E-state index contributed by atoms with van der Waals surface area (Å²) in [4.78, 5) is 12.0. The molecule has 0 unspecified atom stereocenters. The van der Waals surface area contributed by atoms with Crippen molar-refractivity contribution < 1.29 is 9.18 Å². The number of rotatable bonds is 3. The molecule has 0 bridgehead atoms. The number of aromatic nitrogens is 4. The first-order valence-corrected chi connectivity index (χ1v) is 6.13. The molecule has 0 fully saturated rings. The van der Waals surface area contributed by atoms with Crippen LogP contribution < -0.4 is 5.32 Å². The Kier molecular flexibility index (Phi) is 3.38. The average Bonchev–Trinajstić information content (AvgIpc) is 3.02. The molecule has 0 atom stereocenters. The summed E-state index contributed by atoms with van der Waals surface area (Å²) in [7, 11) is 0. The Bertz CT molecular complexity index is 773. The third-order valence-electron chi connectivity index (χ3n) is 2.84. The highest BCUT2D eigenvalue weighted by atomic mass is 19.1. The predicted octanol–water partition coefficient (Wildman–Crippen LogP) is 2.05. The number of nitrogens with zero attached hydrogens (tertiary/aromatic N) is 4. The molecule has 3 aromatic rings. The number of hydrogen-bond acceptors (Lipinski definition) is 4. The lowest BCUT2D eigenvalue weighted by atomic mass is 10.2. The van der Waals surface area contributed by atoms with Crippen LogP contribution in [0.25, 0.3) is 5.69 Å². The van der Waals surface area contributed by atoms with Crippen molar-refractivity contribution in [2.45, 2.75) is 0 Å². The van der Waals surface area contributed by atoms with Gasteiger partial charge >= 0.3 is 0 Å². The Hall–Kier alpha value is -3.09. The summed E-state index contributed by atoms with van der Waals surface area (Å²) < 4.78 is 15.0. The molecule has 0 saturated carbocycles. The smallest absolute Gasteiger partial charge is 0.258 e. The molecule has 1 heterocycles. The van der Waals surface area contributed by atoms with E-state index in [1.807, 2.05) is 0 Å². The van der Waals surface area contributed by atoms with Gasteiger partial charge in [0.25, 0.3) is 5.91 Å². The first-order chi connectivity index (χ1) is 10.2. The van der Waals surface area contributed by atoms with E-state index in [1.165, 1.54) is 29.2 Å². The van der Waals surface area contributed by atoms with E-state index >= 15 is 0 Å². The van der Waals surface area contributed by atoms with Gasteiger partial charge in [-0.2, -0.15) is 0 Å². The molecule has 1 N–H and O–H groups in total. The van der Waals surface area contributed by atoms with E-state index in [9.17, 15) is 9.18 Å². The maximum absolute atomic E-state index is 13.6. The molecule has 0 spiro atoms. The number of tetrazole rings is 1. The second kappa shape index (κ2) is 5.49. The summed E-state index contributed by atoms with van der Waals surface area (Å²) in [6.45, 7) is 0. The lowest BCUT2D eigenvalue weighted by Gasteiger charge is -2.07. The van der Waals surface area contributed by atoms with Crippen molar-refractivity contribution in [1.29, 1.82) is 0 Å². The van der Waals surface area contributed by atoms with Crippen LogP contribution in [0.1, 0.15) is 10.4 Å². The lowest BCUT2D eigenvalue weighted by Crippen LogP contribution is -2.13. The van der Waals surface area contributed by atoms with Gasteiger partial charge in [-0.3, -0.25) is 4.79 Å². The molecule has 7 heteroatoms. The molecule has 0 aliphatic carbocycles. The minimum Gasteiger partial charge on any atom is -0.322 e. The molecule has 0 radical (unpaired) electrons. The molecule has 3 rings (SSSR count). The van der Waals surface area contributed by atoms with Crippen molar-refractivity contribution in [3.8, 4) is 5.69 Å². The van der Waals surface area contributed by atoms with Crippen molar-refractivity contribution in [3.05, 3.63) is 66.2 Å². The van der Waals surface area contributed by atoms with E-state index in [4.69, 9.17) is 0 Å². The molecule has 2 aromatic carbocycles. The van der Waals surface area contributed by atoms with Gasteiger partial charge in [0.1, 0.15) is 12.1 Å². The maximum Gasteiger partial charge on any atom is 0.258 e. The number of benzene rings is 2. The summed E-state index contributed by atoms with van der Waals surface area (Å²) >= 11 is 0. The van der Waals surface area contributed by atoms with Crippen LogP contribution in [0.4, 0.5) is 10.1 Å². The van der Waals surface area contributed by atoms with E-state index in [2.05, 4.69) is 20.8 Å². The second-order valence-electron chi connectivity index (χ2n) is 4.24. The van der Waals surface area contributed by atoms with Crippen LogP contribution in [0.3, 0.4) is 0 Å². The van der Waals surface area contributed by atoms with Crippen LogP contribution in [0.15, 0.2) is 54.9 Å². The Morgan fingerprint density at radius 2 is 2.00 bits per heavy atom. The summed E-state index contributed by atoms with van der Waals surface area (Å²) in [5.41, 5.74) is 1.20. The summed E-state index contributed by atoms with van der Waals surface area (Å²) in [6, 6.07) is 12.7. The minimum absolute atomic E-state index is 0.00896. The van der Waals surface area contributed by atoms with Crippen molar-refractivity contribution >= 4 is 11.6 Å². The Labute approximate surface area is 119 Å². The zero-order chi connectivity index (χ0) is 14.7. The minimum atomic E-state index is -0.563. The van der Waals surface area contributed by atoms with Gasteiger partial charge in [-0.05, 0) is 40.8 Å². The Balaban J connectivity index is 1.84. The Morgan fingerprint density at radius 1 is 1.14 bits per heavy atom. The first kappa shape index (κ1) is 12.9. The molecule has 1 aromatic heterocycles. The van der Waals surface area contributed by atoms with E-state index < -0.39 is 11.7 Å². The number of carbonyl (C=O) groups excluding carboxylic acids is 1. The third kappa shape index (κ3) is 2.76. The van der Waals surface area contributed by atoms with Gasteiger partial charge in [-0.1, -0.05) is 18.2 Å². The molecule has 21 heavy (non-hydrogen) atoms. The van der Waals surface area contributed by atoms with Crippen molar-refractivity contribution in [3.63, 3.8) is 0 Å². The number of carbonyl (C=O) groups is 1. The molecule has 0 saturated heterocycles. The van der Waals surface area contributed by atoms with E-state index in [0.717, 1.165) is 0 Å². The predicted molar refractivity (Wildman–Crippen MR) is 73.5 cm³/mol. The van der Waals surface area contributed by atoms with E-state index in [-0.39, 0.29) is 5.56 Å². The lowest BCUT2D eigenvalue weighted by molar-refractivity contribution is 0.102. The first-order valence-electron chi connectivity index (χ1n) is 6.13. The monoisotopic (exact) mass is 283 g/mol. The molecular formula is C14H10FN5O. The van der Waals surface area contributed by atoms with Crippen LogP contribution in [0.5, 0.6) is 0 Å². The SMILES string of the molecule is O=C(Nc1cccc(-n2cnnn2)c1)c1ccccc1F. The quantitative estimate of drug-likeness (QED) is 0.798. The standard InChI is InChI=1S/C14H10FN5O/c15-13-7-2-1-6-12(13)14(21)17-10-4-3-5-11(8-10)20-9-16-18-19-20/h1-9H,(H,17,21). The van der Waals surface area contributed by atoms with Gasteiger partial charge in [-0.25, -0.2) is 9.07 Å². The van der Waals surface area contributed by atoms with Crippen LogP contribution >= 0.6 is 0 Å². The third-order valence-corrected chi connectivity index (χ3v) is 2.84. The van der Waals surface area contributed by atoms with Gasteiger partial charge in [0.15, 0.2) is 0 Å². The fourth-order valence-corrected chi connectivity index (χ4v) is 1.85. The fraction of sp³-hybridized carbons (Fsp3) is 0. The number of anilines is 1. The number of hydrogen-bond donors (Lipinski definition) is 1. The zero-order valence-electron chi connectivity index (χ0n) is 10.8. The Morgan fingerprint density at radius 3 is 2.76 bits per heavy atom. The van der Waals surface area contributed by atoms with Crippen molar-refractivity contribution in [2.75, 3.05) is 5.32 Å².